The van der Waals surface area contributed by atoms with Crippen molar-refractivity contribution in [1.29, 1.82) is 0 Å². The van der Waals surface area contributed by atoms with E-state index in [4.69, 9.17) is 9.47 Å². The zero-order chi connectivity index (χ0) is 19.8. The summed E-state index contributed by atoms with van der Waals surface area (Å²) in [4.78, 5) is 24.9. The van der Waals surface area contributed by atoms with Crippen molar-refractivity contribution in [3.05, 3.63) is 107 Å². The average Bonchev–Trinajstić information content (AvgIpc) is 2.75. The van der Waals surface area contributed by atoms with Gasteiger partial charge in [0.25, 0.3) is 0 Å². The van der Waals surface area contributed by atoms with Gasteiger partial charge in [0.05, 0.1) is 18.8 Å². The van der Waals surface area contributed by atoms with Gasteiger partial charge in [0.2, 0.25) is 0 Å². The molecule has 142 valence electrons. The minimum atomic E-state index is -0.765. The summed E-state index contributed by atoms with van der Waals surface area (Å²) in [5.74, 6) is -0.509. The van der Waals surface area contributed by atoms with E-state index in [2.05, 4.69) is 0 Å². The average molecular weight is 374 g/mol. The highest BCUT2D eigenvalue weighted by atomic mass is 16.5. The lowest BCUT2D eigenvalue weighted by Gasteiger charge is -2.18. The van der Waals surface area contributed by atoms with Crippen LogP contribution in [-0.4, -0.2) is 18.4 Å². The fraction of sp³-hybridized carbons (Fsp3) is 0.167. The number of carbonyl (C=O) groups is 2. The summed E-state index contributed by atoms with van der Waals surface area (Å²) in [6, 6.07) is 25.6. The molecule has 0 fully saturated rings. The van der Waals surface area contributed by atoms with Crippen molar-refractivity contribution in [2.75, 3.05) is 6.61 Å². The van der Waals surface area contributed by atoms with E-state index in [1.165, 1.54) is 0 Å². The minimum Gasteiger partial charge on any atom is -0.462 e. The Bertz CT molecular complexity index is 902. The van der Waals surface area contributed by atoms with Gasteiger partial charge in [-0.05, 0) is 30.2 Å². The molecule has 0 amide bonds. The first-order valence-electron chi connectivity index (χ1n) is 9.21. The Balaban J connectivity index is 1.85. The second-order valence-corrected chi connectivity index (χ2v) is 6.25. The number of esters is 1. The van der Waals surface area contributed by atoms with E-state index in [0.29, 0.717) is 29.9 Å². The third-order valence-corrected chi connectivity index (χ3v) is 4.28. The molecule has 0 aliphatic heterocycles. The molecular formula is C24H22O4. The molecule has 0 heterocycles. The van der Waals surface area contributed by atoms with Gasteiger partial charge in [0.15, 0.2) is 5.78 Å². The quantitative estimate of drug-likeness (QED) is 0.411. The fourth-order valence-corrected chi connectivity index (χ4v) is 2.84. The Labute approximate surface area is 164 Å². The second kappa shape index (κ2) is 9.62. The first-order valence-corrected chi connectivity index (χ1v) is 9.21. The molecule has 1 unspecified atom stereocenters. The molecule has 0 radical (unpaired) electrons. The molecule has 3 aromatic rings. The highest BCUT2D eigenvalue weighted by Crippen LogP contribution is 2.25. The Morgan fingerprint density at radius 3 is 2.00 bits per heavy atom. The van der Waals surface area contributed by atoms with Crippen LogP contribution in [0.4, 0.5) is 0 Å². The minimum absolute atomic E-state index is 0.125. The van der Waals surface area contributed by atoms with E-state index in [0.717, 1.165) is 5.56 Å². The topological polar surface area (TPSA) is 52.6 Å². The Morgan fingerprint density at radius 2 is 1.39 bits per heavy atom. The van der Waals surface area contributed by atoms with E-state index in [-0.39, 0.29) is 11.8 Å². The molecule has 0 aliphatic carbocycles. The van der Waals surface area contributed by atoms with E-state index >= 15 is 0 Å². The predicted octanol–water partition coefficient (Wildman–Crippen LogP) is 5.00. The van der Waals surface area contributed by atoms with Crippen LogP contribution in [0.5, 0.6) is 0 Å². The van der Waals surface area contributed by atoms with Gasteiger partial charge in [-0.2, -0.15) is 0 Å². The molecule has 4 heteroatoms. The lowest BCUT2D eigenvalue weighted by atomic mass is 9.98. The van der Waals surface area contributed by atoms with Crippen molar-refractivity contribution in [3.8, 4) is 0 Å². The van der Waals surface area contributed by atoms with Crippen LogP contribution in [0.1, 0.15) is 44.9 Å². The first kappa shape index (κ1) is 19.5. The number of carbonyl (C=O) groups excluding carboxylic acids is 2. The zero-order valence-corrected chi connectivity index (χ0v) is 15.7. The molecule has 28 heavy (non-hydrogen) atoms. The van der Waals surface area contributed by atoms with Gasteiger partial charge in [0, 0.05) is 5.56 Å². The molecule has 0 aromatic heterocycles. The molecule has 4 nitrogen and oxygen atoms in total. The third kappa shape index (κ3) is 4.93. The molecule has 1 atom stereocenters. The molecule has 0 spiro atoms. The number of benzene rings is 3. The smallest absolute Gasteiger partial charge is 0.338 e. The van der Waals surface area contributed by atoms with E-state index < -0.39 is 6.10 Å². The molecule has 0 bridgehead atoms. The van der Waals surface area contributed by atoms with E-state index in [9.17, 15) is 9.59 Å². The molecule has 0 saturated carbocycles. The van der Waals surface area contributed by atoms with Crippen molar-refractivity contribution in [2.45, 2.75) is 19.6 Å². The van der Waals surface area contributed by atoms with Gasteiger partial charge in [-0.15, -0.1) is 0 Å². The van der Waals surface area contributed by atoms with Crippen LogP contribution in [-0.2, 0) is 16.1 Å². The van der Waals surface area contributed by atoms with Crippen LogP contribution in [0, 0.1) is 0 Å². The Morgan fingerprint density at radius 1 is 0.786 bits per heavy atom. The molecule has 0 N–H and O–H groups in total. The van der Waals surface area contributed by atoms with E-state index in [1.807, 2.05) is 48.5 Å². The van der Waals surface area contributed by atoms with Crippen LogP contribution in [0.2, 0.25) is 0 Å². The second-order valence-electron chi connectivity index (χ2n) is 6.25. The summed E-state index contributed by atoms with van der Waals surface area (Å²) in [5.41, 5.74) is 2.70. The third-order valence-electron chi connectivity index (χ3n) is 4.28. The number of hydrogen-bond acceptors (Lipinski definition) is 4. The van der Waals surface area contributed by atoms with Gasteiger partial charge < -0.3 is 9.47 Å². The highest BCUT2D eigenvalue weighted by Gasteiger charge is 2.23. The Hall–Kier alpha value is -3.24. The van der Waals surface area contributed by atoms with Crippen LogP contribution in [0.25, 0.3) is 0 Å². The number of rotatable bonds is 8. The lowest BCUT2D eigenvalue weighted by molar-refractivity contribution is 0.0334. The van der Waals surface area contributed by atoms with Crippen molar-refractivity contribution in [3.63, 3.8) is 0 Å². The first-order chi connectivity index (χ1) is 13.7. The van der Waals surface area contributed by atoms with Crippen LogP contribution in [0.3, 0.4) is 0 Å². The largest absolute Gasteiger partial charge is 0.462 e. The number of hydrogen-bond donors (Lipinski definition) is 0. The Kier molecular flexibility index (Phi) is 6.71. The summed E-state index contributed by atoms with van der Waals surface area (Å²) in [7, 11) is 0. The maximum atomic E-state index is 13.1. The van der Waals surface area contributed by atoms with Crippen molar-refractivity contribution in [1.82, 2.24) is 0 Å². The molecule has 3 rings (SSSR count). The summed E-state index contributed by atoms with van der Waals surface area (Å²) >= 11 is 0. The zero-order valence-electron chi connectivity index (χ0n) is 15.7. The van der Waals surface area contributed by atoms with Crippen molar-refractivity contribution >= 4 is 11.8 Å². The molecular weight excluding hydrogens is 352 g/mol. The summed E-state index contributed by atoms with van der Waals surface area (Å²) in [5, 5.41) is 0. The summed E-state index contributed by atoms with van der Waals surface area (Å²) in [6.07, 6.45) is -0.765. The number of ketones is 1. The highest BCUT2D eigenvalue weighted by molar-refractivity contribution is 6.00. The molecule has 0 saturated heterocycles. The number of Topliss-reactive ketones (excluding diaryl/α,β-unsaturated/α-hetero) is 1. The standard InChI is InChI=1S/C24H22O4/c1-2-27-24(26)21-15-13-20(14-16-21)23(22(25)19-11-7-4-8-12-19)28-17-18-9-5-3-6-10-18/h3-16,23H,2,17H2,1H3. The maximum absolute atomic E-state index is 13.1. The van der Waals surface area contributed by atoms with Crippen LogP contribution >= 0.6 is 0 Å². The monoisotopic (exact) mass is 374 g/mol. The number of ether oxygens (including phenoxy) is 2. The van der Waals surface area contributed by atoms with Gasteiger partial charge in [0.1, 0.15) is 6.10 Å². The van der Waals surface area contributed by atoms with Crippen molar-refractivity contribution < 1.29 is 19.1 Å². The SMILES string of the molecule is CCOC(=O)c1ccc(C(OCc2ccccc2)C(=O)c2ccccc2)cc1. The van der Waals surface area contributed by atoms with Crippen molar-refractivity contribution in [2.24, 2.45) is 0 Å². The van der Waals surface area contributed by atoms with E-state index in [1.54, 1.807) is 43.3 Å². The fourth-order valence-electron chi connectivity index (χ4n) is 2.84. The van der Waals surface area contributed by atoms with Gasteiger partial charge >= 0.3 is 5.97 Å². The van der Waals surface area contributed by atoms with Gasteiger partial charge in [-0.1, -0.05) is 72.8 Å². The summed E-state index contributed by atoms with van der Waals surface area (Å²) in [6.45, 7) is 2.39. The van der Waals surface area contributed by atoms with Crippen LogP contribution in [0.15, 0.2) is 84.9 Å². The normalized spacial score (nSPS) is 11.6. The lowest BCUT2D eigenvalue weighted by Crippen LogP contribution is -2.17. The maximum Gasteiger partial charge on any atom is 0.338 e. The van der Waals surface area contributed by atoms with Gasteiger partial charge in [-0.25, -0.2) is 4.79 Å². The van der Waals surface area contributed by atoms with Crippen LogP contribution < -0.4 is 0 Å². The predicted molar refractivity (Wildman–Crippen MR) is 107 cm³/mol. The summed E-state index contributed by atoms with van der Waals surface area (Å²) < 4.78 is 11.0. The molecule has 0 aliphatic rings. The van der Waals surface area contributed by atoms with Gasteiger partial charge in [-0.3, -0.25) is 4.79 Å². The molecule has 3 aromatic carbocycles.